The van der Waals surface area contributed by atoms with Crippen LogP contribution in [-0.2, 0) is 11.3 Å². The molecule has 134 valence electrons. The molecule has 3 unspecified atom stereocenters. The SMILES string of the molecule is CC1CCCC(N(CCCC(=O)O)Cc2c(F)cccc2Cl)C1C. The third-order valence-electron chi connectivity index (χ3n) is 5.39. The first kappa shape index (κ1) is 19.2. The number of carboxylic acids is 1. The first-order valence-electron chi connectivity index (χ1n) is 8.79. The Hall–Kier alpha value is -1.13. The summed E-state index contributed by atoms with van der Waals surface area (Å²) < 4.78 is 14.2. The van der Waals surface area contributed by atoms with Crippen LogP contribution in [0.4, 0.5) is 4.39 Å². The van der Waals surface area contributed by atoms with Gasteiger partial charge in [0.05, 0.1) is 0 Å². The quantitative estimate of drug-likeness (QED) is 0.750. The molecule has 3 nitrogen and oxygen atoms in total. The second-order valence-corrected chi connectivity index (χ2v) is 7.41. The van der Waals surface area contributed by atoms with Gasteiger partial charge in [-0.25, -0.2) is 4.39 Å². The van der Waals surface area contributed by atoms with Crippen molar-refractivity contribution in [3.8, 4) is 0 Å². The average Bonchev–Trinajstić information content (AvgIpc) is 2.52. The van der Waals surface area contributed by atoms with Gasteiger partial charge in [-0.15, -0.1) is 0 Å². The number of hydrogen-bond donors (Lipinski definition) is 1. The lowest BCUT2D eigenvalue weighted by atomic mass is 9.77. The number of halogens is 2. The highest BCUT2D eigenvalue weighted by Crippen LogP contribution is 2.34. The molecule has 1 fully saturated rings. The molecule has 0 bridgehead atoms. The van der Waals surface area contributed by atoms with Crippen molar-refractivity contribution in [2.75, 3.05) is 6.54 Å². The van der Waals surface area contributed by atoms with Gasteiger partial charge in [0, 0.05) is 29.6 Å². The molecule has 1 saturated carbocycles. The minimum Gasteiger partial charge on any atom is -0.481 e. The molecule has 0 amide bonds. The number of carboxylic acid groups (broad SMARTS) is 1. The highest BCUT2D eigenvalue weighted by Gasteiger charge is 2.32. The maximum Gasteiger partial charge on any atom is 0.303 e. The summed E-state index contributed by atoms with van der Waals surface area (Å²) in [6.45, 7) is 5.61. The van der Waals surface area contributed by atoms with Crippen molar-refractivity contribution in [2.45, 2.75) is 58.5 Å². The summed E-state index contributed by atoms with van der Waals surface area (Å²) in [6, 6.07) is 5.10. The first-order chi connectivity index (χ1) is 11.4. The van der Waals surface area contributed by atoms with E-state index in [2.05, 4.69) is 18.7 Å². The van der Waals surface area contributed by atoms with E-state index < -0.39 is 5.97 Å². The molecule has 1 aromatic rings. The number of rotatable bonds is 7. The fourth-order valence-electron chi connectivity index (χ4n) is 3.75. The molecule has 1 N–H and O–H groups in total. The van der Waals surface area contributed by atoms with Crippen LogP contribution in [0.15, 0.2) is 18.2 Å². The molecule has 1 aliphatic carbocycles. The second kappa shape index (κ2) is 8.82. The Morgan fingerprint density at radius 3 is 2.79 bits per heavy atom. The van der Waals surface area contributed by atoms with Gasteiger partial charge in [0.25, 0.3) is 0 Å². The Balaban J connectivity index is 2.17. The van der Waals surface area contributed by atoms with E-state index in [1.54, 1.807) is 12.1 Å². The summed E-state index contributed by atoms with van der Waals surface area (Å²) in [6.07, 6.45) is 4.17. The monoisotopic (exact) mass is 355 g/mol. The summed E-state index contributed by atoms with van der Waals surface area (Å²) in [7, 11) is 0. The molecule has 0 radical (unpaired) electrons. The summed E-state index contributed by atoms with van der Waals surface area (Å²) >= 11 is 6.20. The third kappa shape index (κ3) is 4.93. The molecule has 24 heavy (non-hydrogen) atoms. The van der Waals surface area contributed by atoms with Crippen molar-refractivity contribution in [3.05, 3.63) is 34.6 Å². The van der Waals surface area contributed by atoms with E-state index in [0.29, 0.717) is 48.0 Å². The zero-order valence-electron chi connectivity index (χ0n) is 14.5. The lowest BCUT2D eigenvalue weighted by Crippen LogP contribution is -2.44. The van der Waals surface area contributed by atoms with Crippen LogP contribution in [0.3, 0.4) is 0 Å². The largest absolute Gasteiger partial charge is 0.481 e. The van der Waals surface area contributed by atoms with Crippen molar-refractivity contribution in [1.29, 1.82) is 0 Å². The van der Waals surface area contributed by atoms with Crippen LogP contribution in [0.1, 0.15) is 51.5 Å². The molecular weight excluding hydrogens is 329 g/mol. The van der Waals surface area contributed by atoms with E-state index in [1.807, 2.05) is 0 Å². The summed E-state index contributed by atoms with van der Waals surface area (Å²) in [5, 5.41) is 9.35. The molecule has 0 aliphatic heterocycles. The van der Waals surface area contributed by atoms with Crippen molar-refractivity contribution >= 4 is 17.6 Å². The standard InChI is InChI=1S/C19H27ClFNO2/c1-13-6-3-9-18(14(13)2)22(11-5-10-19(23)24)12-15-16(20)7-4-8-17(15)21/h4,7-8,13-14,18H,3,5-6,9-12H2,1-2H3,(H,23,24). The zero-order chi connectivity index (χ0) is 17.7. The summed E-state index contributed by atoms with van der Waals surface area (Å²) in [4.78, 5) is 13.1. The Morgan fingerprint density at radius 1 is 1.38 bits per heavy atom. The maximum absolute atomic E-state index is 14.2. The van der Waals surface area contributed by atoms with Gasteiger partial charge in [0.15, 0.2) is 0 Å². The summed E-state index contributed by atoms with van der Waals surface area (Å²) in [5.41, 5.74) is 0.514. The van der Waals surface area contributed by atoms with Gasteiger partial charge in [0.1, 0.15) is 5.82 Å². The first-order valence-corrected chi connectivity index (χ1v) is 9.16. The van der Waals surface area contributed by atoms with E-state index in [9.17, 15) is 9.18 Å². The predicted octanol–water partition coefficient (Wildman–Crippen LogP) is 4.97. The van der Waals surface area contributed by atoms with E-state index in [-0.39, 0.29) is 12.2 Å². The van der Waals surface area contributed by atoms with Crippen molar-refractivity contribution in [2.24, 2.45) is 11.8 Å². The van der Waals surface area contributed by atoms with Gasteiger partial charge in [-0.2, -0.15) is 0 Å². The Labute approximate surface area is 148 Å². The van der Waals surface area contributed by atoms with Crippen molar-refractivity contribution in [1.82, 2.24) is 4.90 Å². The van der Waals surface area contributed by atoms with Crippen molar-refractivity contribution < 1.29 is 14.3 Å². The Kier molecular flexibility index (Phi) is 7.05. The molecule has 1 aliphatic rings. The van der Waals surface area contributed by atoms with Crippen LogP contribution in [0.5, 0.6) is 0 Å². The molecule has 2 rings (SSSR count). The van der Waals surface area contributed by atoms with Crippen molar-refractivity contribution in [3.63, 3.8) is 0 Å². The van der Waals surface area contributed by atoms with Gasteiger partial charge in [-0.05, 0) is 43.4 Å². The highest BCUT2D eigenvalue weighted by atomic mass is 35.5. The molecule has 3 atom stereocenters. The number of nitrogens with zero attached hydrogens (tertiary/aromatic N) is 1. The molecule has 0 saturated heterocycles. The summed E-state index contributed by atoms with van der Waals surface area (Å²) in [5.74, 6) is 0.0575. The molecule has 0 heterocycles. The Bertz CT molecular complexity index is 546. The fraction of sp³-hybridized carbons (Fsp3) is 0.632. The fourth-order valence-corrected chi connectivity index (χ4v) is 3.97. The van der Waals surface area contributed by atoms with Crippen LogP contribution < -0.4 is 0 Å². The normalized spacial score (nSPS) is 24.3. The molecule has 1 aromatic carbocycles. The van der Waals surface area contributed by atoms with E-state index in [4.69, 9.17) is 16.7 Å². The number of aliphatic carboxylic acids is 1. The smallest absolute Gasteiger partial charge is 0.303 e. The maximum atomic E-state index is 14.2. The minimum absolute atomic E-state index is 0.137. The van der Waals surface area contributed by atoms with Gasteiger partial charge in [-0.1, -0.05) is 44.4 Å². The molecule has 0 aromatic heterocycles. The third-order valence-corrected chi connectivity index (χ3v) is 5.75. The minimum atomic E-state index is -0.788. The van der Waals surface area contributed by atoms with Crippen LogP contribution in [0, 0.1) is 17.7 Å². The van der Waals surface area contributed by atoms with E-state index in [0.717, 1.165) is 12.8 Å². The van der Waals surface area contributed by atoms with E-state index in [1.165, 1.54) is 12.5 Å². The van der Waals surface area contributed by atoms with Crippen LogP contribution >= 0.6 is 11.6 Å². The number of benzene rings is 1. The number of hydrogen-bond acceptors (Lipinski definition) is 2. The van der Waals surface area contributed by atoms with Gasteiger partial charge >= 0.3 is 5.97 Å². The molecule has 0 spiro atoms. The van der Waals surface area contributed by atoms with Crippen LogP contribution in [0.2, 0.25) is 5.02 Å². The Morgan fingerprint density at radius 2 is 2.12 bits per heavy atom. The van der Waals surface area contributed by atoms with Gasteiger partial charge in [0.2, 0.25) is 0 Å². The zero-order valence-corrected chi connectivity index (χ0v) is 15.2. The molecule has 5 heteroatoms. The highest BCUT2D eigenvalue weighted by molar-refractivity contribution is 6.31. The topological polar surface area (TPSA) is 40.5 Å². The van der Waals surface area contributed by atoms with Crippen LogP contribution in [-0.4, -0.2) is 28.6 Å². The lowest BCUT2D eigenvalue weighted by molar-refractivity contribution is -0.137. The predicted molar refractivity (Wildman–Crippen MR) is 94.7 cm³/mol. The molecular formula is C19H27ClFNO2. The van der Waals surface area contributed by atoms with Crippen LogP contribution in [0.25, 0.3) is 0 Å². The number of carbonyl (C=O) groups is 1. The average molecular weight is 356 g/mol. The van der Waals surface area contributed by atoms with E-state index >= 15 is 0 Å². The van der Waals surface area contributed by atoms with Gasteiger partial charge in [-0.3, -0.25) is 9.69 Å². The lowest BCUT2D eigenvalue weighted by Gasteiger charge is -2.42. The second-order valence-electron chi connectivity index (χ2n) is 7.00. The van der Waals surface area contributed by atoms with Gasteiger partial charge < -0.3 is 5.11 Å².